The van der Waals surface area contributed by atoms with Gasteiger partial charge in [-0.2, -0.15) is 0 Å². The van der Waals surface area contributed by atoms with Crippen LogP contribution < -0.4 is 10.1 Å². The predicted molar refractivity (Wildman–Crippen MR) is 143 cm³/mol. The molecule has 2 heterocycles. The van der Waals surface area contributed by atoms with E-state index in [0.29, 0.717) is 40.4 Å². The first-order valence-electron chi connectivity index (χ1n) is 12.0. The maximum Gasteiger partial charge on any atom is 0.414 e. The van der Waals surface area contributed by atoms with E-state index >= 15 is 0 Å². The Hall–Kier alpha value is -2.92. The number of rotatable bonds is 4. The maximum atomic E-state index is 13.5. The summed E-state index contributed by atoms with van der Waals surface area (Å²) in [6, 6.07) is 9.88. The molecular weight excluding hydrogens is 556 g/mol. The fourth-order valence-corrected chi connectivity index (χ4v) is 6.78. The highest BCUT2D eigenvalue weighted by Crippen LogP contribution is 2.39. The molecule has 1 aliphatic carbocycles. The summed E-state index contributed by atoms with van der Waals surface area (Å²) in [5, 5.41) is 18.0. The maximum absolute atomic E-state index is 13.5. The SMILES string of the molecule is O=C(N[C@H]1CCCC[C@@H]1O)Oc1nn(-c2ccc(Cl)cc2Cl)c2c1CS(=O)(=O)C/C2=C\c1ccc(F)cc1. The number of halogens is 3. The van der Waals surface area contributed by atoms with Crippen molar-refractivity contribution in [1.29, 1.82) is 0 Å². The Morgan fingerprint density at radius 2 is 1.87 bits per heavy atom. The molecule has 12 heteroatoms. The number of carbonyl (C=O) groups excluding carboxylic acids is 1. The molecule has 0 bridgehead atoms. The monoisotopic (exact) mass is 579 g/mol. The average Bonchev–Trinajstić information content (AvgIpc) is 3.18. The van der Waals surface area contributed by atoms with Crippen LogP contribution in [0.1, 0.15) is 42.5 Å². The van der Waals surface area contributed by atoms with E-state index in [-0.39, 0.29) is 22.2 Å². The first-order chi connectivity index (χ1) is 18.1. The Balaban J connectivity index is 1.61. The van der Waals surface area contributed by atoms with E-state index in [4.69, 9.17) is 27.9 Å². The molecule has 38 heavy (non-hydrogen) atoms. The molecular formula is C26H24Cl2FN3O5S. The summed E-state index contributed by atoms with van der Waals surface area (Å²) < 4.78 is 46.3. The lowest BCUT2D eigenvalue weighted by molar-refractivity contribution is 0.0889. The second-order valence-electron chi connectivity index (χ2n) is 9.39. The first-order valence-corrected chi connectivity index (χ1v) is 14.6. The lowest BCUT2D eigenvalue weighted by Gasteiger charge is -2.27. The summed E-state index contributed by atoms with van der Waals surface area (Å²) in [5.41, 5.74) is 1.93. The number of aliphatic hydroxyl groups excluding tert-OH is 1. The van der Waals surface area contributed by atoms with Gasteiger partial charge < -0.3 is 15.2 Å². The lowest BCUT2D eigenvalue weighted by Crippen LogP contribution is -2.46. The quantitative estimate of drug-likeness (QED) is 0.440. The van der Waals surface area contributed by atoms with Crippen LogP contribution in [0.2, 0.25) is 10.0 Å². The summed E-state index contributed by atoms with van der Waals surface area (Å²) in [5.74, 6) is -1.34. The number of nitrogens with one attached hydrogen (secondary N) is 1. The van der Waals surface area contributed by atoms with Crippen LogP contribution in [0, 0.1) is 5.82 Å². The Bertz CT molecular complexity index is 1520. The zero-order valence-corrected chi connectivity index (χ0v) is 22.4. The number of nitrogens with zero attached hydrogens (tertiary/aromatic N) is 2. The minimum Gasteiger partial charge on any atom is -0.391 e. The van der Waals surface area contributed by atoms with Crippen LogP contribution in [-0.4, -0.2) is 47.3 Å². The first kappa shape index (κ1) is 26.7. The van der Waals surface area contributed by atoms with Gasteiger partial charge in [-0.15, -0.1) is 5.10 Å². The molecule has 0 unspecified atom stereocenters. The van der Waals surface area contributed by atoms with Gasteiger partial charge in [0.15, 0.2) is 9.84 Å². The van der Waals surface area contributed by atoms with Gasteiger partial charge in [0, 0.05) is 5.02 Å². The van der Waals surface area contributed by atoms with Gasteiger partial charge in [-0.3, -0.25) is 0 Å². The number of aromatic nitrogens is 2. The number of benzene rings is 2. The summed E-state index contributed by atoms with van der Waals surface area (Å²) in [7, 11) is -3.66. The number of fused-ring (bicyclic) bond motifs is 1. The van der Waals surface area contributed by atoms with Crippen molar-refractivity contribution in [2.45, 2.75) is 43.6 Å². The van der Waals surface area contributed by atoms with Crippen LogP contribution in [0.25, 0.3) is 17.3 Å². The number of carbonyl (C=O) groups is 1. The zero-order valence-electron chi connectivity index (χ0n) is 20.0. The largest absolute Gasteiger partial charge is 0.414 e. The van der Waals surface area contributed by atoms with Crippen LogP contribution in [0.3, 0.4) is 0 Å². The summed E-state index contributed by atoms with van der Waals surface area (Å²) in [4.78, 5) is 12.8. The molecule has 1 amide bonds. The van der Waals surface area contributed by atoms with Crippen molar-refractivity contribution in [2.24, 2.45) is 0 Å². The predicted octanol–water partition coefficient (Wildman–Crippen LogP) is 5.18. The highest BCUT2D eigenvalue weighted by molar-refractivity contribution is 7.91. The van der Waals surface area contributed by atoms with Gasteiger partial charge in [0.1, 0.15) is 5.82 Å². The third-order valence-electron chi connectivity index (χ3n) is 6.56. The highest BCUT2D eigenvalue weighted by Gasteiger charge is 2.35. The Morgan fingerprint density at radius 3 is 2.58 bits per heavy atom. The van der Waals surface area contributed by atoms with Gasteiger partial charge in [-0.1, -0.05) is 48.2 Å². The van der Waals surface area contributed by atoms with Crippen molar-refractivity contribution in [3.8, 4) is 11.6 Å². The number of sulfone groups is 1. The molecule has 2 aromatic carbocycles. The van der Waals surface area contributed by atoms with Gasteiger partial charge in [0.05, 0.1) is 45.6 Å². The topological polar surface area (TPSA) is 111 Å². The Morgan fingerprint density at radius 1 is 1.13 bits per heavy atom. The van der Waals surface area contributed by atoms with Crippen molar-refractivity contribution < 1.29 is 27.4 Å². The molecule has 2 N–H and O–H groups in total. The van der Waals surface area contributed by atoms with Crippen LogP contribution >= 0.6 is 23.2 Å². The second kappa shape index (κ2) is 10.7. The van der Waals surface area contributed by atoms with Crippen LogP contribution in [0.5, 0.6) is 5.88 Å². The fourth-order valence-electron chi connectivity index (χ4n) is 4.79. The van der Waals surface area contributed by atoms with Crippen LogP contribution in [-0.2, 0) is 15.6 Å². The molecule has 1 fully saturated rings. The van der Waals surface area contributed by atoms with Gasteiger partial charge >= 0.3 is 6.09 Å². The number of hydrogen-bond acceptors (Lipinski definition) is 6. The van der Waals surface area contributed by atoms with E-state index in [9.17, 15) is 22.7 Å². The minimum absolute atomic E-state index is 0.190. The van der Waals surface area contributed by atoms with E-state index in [1.54, 1.807) is 18.2 Å². The molecule has 200 valence electrons. The van der Waals surface area contributed by atoms with E-state index in [1.807, 2.05) is 0 Å². The number of hydrogen-bond donors (Lipinski definition) is 2. The van der Waals surface area contributed by atoms with Crippen molar-refractivity contribution in [3.63, 3.8) is 0 Å². The smallest absolute Gasteiger partial charge is 0.391 e. The summed E-state index contributed by atoms with van der Waals surface area (Å²) >= 11 is 12.6. The molecule has 1 saturated carbocycles. The average molecular weight is 580 g/mol. The third kappa shape index (κ3) is 5.73. The number of aliphatic hydroxyl groups is 1. The molecule has 2 aliphatic rings. The Labute approximate surface area is 228 Å². The van der Waals surface area contributed by atoms with Gasteiger partial charge in [0.2, 0.25) is 5.88 Å². The van der Waals surface area contributed by atoms with E-state index in [1.165, 1.54) is 35.0 Å². The molecule has 0 saturated heterocycles. The van der Waals surface area contributed by atoms with Crippen molar-refractivity contribution in [2.75, 3.05) is 5.75 Å². The van der Waals surface area contributed by atoms with Crippen molar-refractivity contribution in [3.05, 3.63) is 75.1 Å². The number of amides is 1. The van der Waals surface area contributed by atoms with Crippen LogP contribution in [0.4, 0.5) is 9.18 Å². The summed E-state index contributed by atoms with van der Waals surface area (Å²) in [6.45, 7) is 0. The standard InChI is InChI=1S/C26H24Cl2FN3O5S/c27-17-7-10-22(20(28)12-17)32-24-16(11-15-5-8-18(29)9-6-15)13-38(35,36)14-19(24)25(31-32)37-26(34)30-21-3-1-2-4-23(21)33/h5-12,21,23,33H,1-4,13-14H2,(H,30,34)/b16-11+/t21-,23-/m0/s1. The lowest BCUT2D eigenvalue weighted by atomic mass is 9.93. The molecule has 8 nitrogen and oxygen atoms in total. The summed E-state index contributed by atoms with van der Waals surface area (Å²) in [6.07, 6.45) is 2.98. The normalized spacial score (nSPS) is 21.6. The van der Waals surface area contributed by atoms with E-state index in [0.717, 1.165) is 12.8 Å². The van der Waals surface area contributed by atoms with Gasteiger partial charge in [0.25, 0.3) is 0 Å². The molecule has 0 spiro atoms. The highest BCUT2D eigenvalue weighted by atomic mass is 35.5. The van der Waals surface area contributed by atoms with Gasteiger partial charge in [-0.25, -0.2) is 22.3 Å². The molecule has 1 aromatic heterocycles. The molecule has 0 radical (unpaired) electrons. The fraction of sp³-hybridized carbons (Fsp3) is 0.308. The second-order valence-corrected chi connectivity index (χ2v) is 12.3. The Kier molecular flexibility index (Phi) is 7.50. The molecule has 1 aliphatic heterocycles. The molecule has 2 atom stereocenters. The van der Waals surface area contributed by atoms with Crippen molar-refractivity contribution in [1.82, 2.24) is 15.1 Å². The molecule has 3 aromatic rings. The zero-order chi connectivity index (χ0) is 27.0. The third-order valence-corrected chi connectivity index (χ3v) is 8.58. The minimum atomic E-state index is -3.66. The number of ether oxygens (including phenoxy) is 1. The van der Waals surface area contributed by atoms with Gasteiger partial charge in [-0.05, 0) is 60.4 Å². The van der Waals surface area contributed by atoms with E-state index < -0.39 is 39.6 Å². The molecule has 5 rings (SSSR count). The van der Waals surface area contributed by atoms with E-state index in [2.05, 4.69) is 10.4 Å². The van der Waals surface area contributed by atoms with Crippen molar-refractivity contribution >= 4 is 50.8 Å². The van der Waals surface area contributed by atoms with Crippen LogP contribution in [0.15, 0.2) is 42.5 Å².